The lowest BCUT2D eigenvalue weighted by Crippen LogP contribution is -2.49. The second kappa shape index (κ2) is 8.44. The number of carboxylic acids is 1. The fourth-order valence-electron chi connectivity index (χ4n) is 4.88. The number of halogens is 1. The van der Waals surface area contributed by atoms with E-state index in [9.17, 15) is 9.18 Å². The van der Waals surface area contributed by atoms with Gasteiger partial charge in [-0.05, 0) is 74.5 Å². The number of hydrogen-bond acceptors (Lipinski definition) is 4. The van der Waals surface area contributed by atoms with Gasteiger partial charge in [-0.1, -0.05) is 6.08 Å². The maximum absolute atomic E-state index is 14.4. The molecule has 1 aromatic carbocycles. The Balaban J connectivity index is 1.42. The van der Waals surface area contributed by atoms with Crippen LogP contribution in [0, 0.1) is 11.2 Å². The minimum atomic E-state index is -0.909. The van der Waals surface area contributed by atoms with Crippen LogP contribution in [0.3, 0.4) is 0 Å². The van der Waals surface area contributed by atoms with Gasteiger partial charge in [-0.3, -0.25) is 0 Å². The van der Waals surface area contributed by atoms with Crippen molar-refractivity contribution in [2.75, 3.05) is 13.2 Å². The summed E-state index contributed by atoms with van der Waals surface area (Å²) in [6, 6.07) is 4.90. The van der Waals surface area contributed by atoms with Crippen LogP contribution in [0.5, 0.6) is 5.75 Å². The van der Waals surface area contributed by atoms with Gasteiger partial charge in [0, 0.05) is 18.6 Å². The third-order valence-electron chi connectivity index (χ3n) is 6.68. The largest absolute Gasteiger partial charge is 0.478 e. The van der Waals surface area contributed by atoms with Crippen LogP contribution in [-0.2, 0) is 19.9 Å². The minimum Gasteiger partial charge on any atom is -0.478 e. The molecule has 5 rings (SSSR count). The summed E-state index contributed by atoms with van der Waals surface area (Å²) < 4.78 is 32.2. The highest BCUT2D eigenvalue weighted by molar-refractivity contribution is 5.79. The molecule has 6 heteroatoms. The summed E-state index contributed by atoms with van der Waals surface area (Å²) in [5.74, 6) is -0.716. The smallest absolute Gasteiger partial charge is 0.327 e. The number of aliphatic carboxylic acids is 1. The quantitative estimate of drug-likeness (QED) is 0.652. The molecule has 158 valence electrons. The van der Waals surface area contributed by atoms with Crippen molar-refractivity contribution in [1.29, 1.82) is 0 Å². The first-order valence-corrected chi connectivity index (χ1v) is 10.6. The van der Waals surface area contributed by atoms with Gasteiger partial charge in [0.05, 0.1) is 18.8 Å². The van der Waals surface area contributed by atoms with Crippen LogP contribution in [-0.4, -0.2) is 30.6 Å². The van der Waals surface area contributed by atoms with Gasteiger partial charge < -0.3 is 19.3 Å². The molecule has 1 N–H and O–H groups in total. The Labute approximate surface area is 170 Å². The summed E-state index contributed by atoms with van der Waals surface area (Å²) in [4.78, 5) is 10.6. The molecule has 1 aliphatic carbocycles. The lowest BCUT2D eigenvalue weighted by molar-refractivity contribution is -0.191. The predicted octanol–water partition coefficient (Wildman–Crippen LogP) is 4.94. The number of fused-ring (bicyclic) bond motifs is 3. The molecular formula is C23H29FO5. The molecule has 2 bridgehead atoms. The monoisotopic (exact) mass is 404 g/mol. The molecule has 3 aliphatic heterocycles. The zero-order valence-electron chi connectivity index (χ0n) is 16.7. The zero-order valence-corrected chi connectivity index (χ0v) is 16.7. The van der Waals surface area contributed by atoms with Crippen molar-refractivity contribution in [3.05, 3.63) is 41.7 Å². The summed E-state index contributed by atoms with van der Waals surface area (Å²) in [6.07, 6.45) is 10.9. The number of hydrogen-bond donors (Lipinski definition) is 1. The highest BCUT2D eigenvalue weighted by Gasteiger charge is 2.50. The van der Waals surface area contributed by atoms with E-state index in [1.165, 1.54) is 12.1 Å². The van der Waals surface area contributed by atoms with E-state index >= 15 is 0 Å². The molecule has 0 spiro atoms. The van der Waals surface area contributed by atoms with Crippen molar-refractivity contribution >= 4 is 5.97 Å². The third-order valence-corrected chi connectivity index (χ3v) is 6.68. The molecule has 3 heterocycles. The summed E-state index contributed by atoms with van der Waals surface area (Å²) in [7, 11) is 0. The lowest BCUT2D eigenvalue weighted by atomic mass is 9.62. The van der Waals surface area contributed by atoms with E-state index in [-0.39, 0.29) is 17.5 Å². The fourth-order valence-corrected chi connectivity index (χ4v) is 4.88. The molecule has 0 radical (unpaired) electrons. The van der Waals surface area contributed by atoms with Crippen LogP contribution in [0.1, 0.15) is 63.4 Å². The first kappa shape index (κ1) is 20.4. The van der Waals surface area contributed by atoms with Gasteiger partial charge in [-0.25, -0.2) is 9.18 Å². The van der Waals surface area contributed by atoms with Gasteiger partial charge in [0.25, 0.3) is 0 Å². The molecule has 1 aromatic rings. The lowest BCUT2D eigenvalue weighted by Gasteiger charge is -2.53. The highest BCUT2D eigenvalue weighted by Crippen LogP contribution is 2.55. The molecule has 0 amide bonds. The van der Waals surface area contributed by atoms with Crippen LogP contribution in [0.15, 0.2) is 30.4 Å². The van der Waals surface area contributed by atoms with Gasteiger partial charge in [0.1, 0.15) is 11.6 Å². The normalized spacial score (nSPS) is 31.8. The van der Waals surface area contributed by atoms with Crippen LogP contribution in [0.2, 0.25) is 0 Å². The molecule has 1 unspecified atom stereocenters. The first-order chi connectivity index (χ1) is 14.0. The molecule has 3 saturated heterocycles. The number of carboxylic acid groups (broad SMARTS) is 1. The van der Waals surface area contributed by atoms with Crippen molar-refractivity contribution in [1.82, 2.24) is 0 Å². The molecule has 4 aliphatic rings. The van der Waals surface area contributed by atoms with Crippen molar-refractivity contribution in [2.45, 2.75) is 69.7 Å². The van der Waals surface area contributed by atoms with E-state index in [2.05, 4.69) is 0 Å². The Morgan fingerprint density at radius 2 is 2.07 bits per heavy atom. The molecular weight excluding hydrogens is 375 g/mol. The summed E-state index contributed by atoms with van der Waals surface area (Å²) >= 11 is 0. The Morgan fingerprint density at radius 3 is 2.72 bits per heavy atom. The summed E-state index contributed by atoms with van der Waals surface area (Å²) in [5.41, 5.74) is 0.502. The Kier molecular flexibility index (Phi) is 5.93. The molecule has 1 saturated carbocycles. The average Bonchev–Trinajstić information content (AvgIpc) is 2.73. The Morgan fingerprint density at radius 1 is 1.24 bits per heavy atom. The predicted molar refractivity (Wildman–Crippen MR) is 105 cm³/mol. The maximum Gasteiger partial charge on any atom is 0.327 e. The standard InChI is InChI=1S/C23H29FO5/c24-18-13-17(14-19(15-18)29-21-6-2-4-12-27-21)23-10-8-22(9-11-23,16-28-23)7-3-1-5-20(25)26/h1,5,13-15,21H,2-4,6-12,16H2,(H,25,26). The van der Waals surface area contributed by atoms with Crippen LogP contribution in [0.4, 0.5) is 4.39 Å². The minimum absolute atomic E-state index is 0.104. The van der Waals surface area contributed by atoms with Gasteiger partial charge in [-0.2, -0.15) is 0 Å². The maximum atomic E-state index is 14.4. The second-order valence-electron chi connectivity index (χ2n) is 8.65. The Hall–Kier alpha value is -1.92. The van der Waals surface area contributed by atoms with Crippen molar-refractivity contribution < 1.29 is 28.5 Å². The van der Waals surface area contributed by atoms with E-state index < -0.39 is 11.6 Å². The molecule has 4 fully saturated rings. The van der Waals surface area contributed by atoms with Crippen LogP contribution >= 0.6 is 0 Å². The topological polar surface area (TPSA) is 65.0 Å². The zero-order chi connectivity index (χ0) is 20.3. The molecule has 5 nitrogen and oxygen atoms in total. The number of benzene rings is 1. The van der Waals surface area contributed by atoms with Gasteiger partial charge in [0.15, 0.2) is 6.29 Å². The molecule has 1 atom stereocenters. The van der Waals surface area contributed by atoms with E-state index in [0.29, 0.717) is 19.0 Å². The van der Waals surface area contributed by atoms with Gasteiger partial charge in [0.2, 0.25) is 0 Å². The van der Waals surface area contributed by atoms with Gasteiger partial charge in [-0.15, -0.1) is 0 Å². The molecule has 29 heavy (non-hydrogen) atoms. The fraction of sp³-hybridized carbons (Fsp3) is 0.609. The number of ether oxygens (including phenoxy) is 3. The van der Waals surface area contributed by atoms with Crippen molar-refractivity contribution in [3.63, 3.8) is 0 Å². The van der Waals surface area contributed by atoms with E-state index in [4.69, 9.17) is 19.3 Å². The number of allylic oxidation sites excluding steroid dienone is 1. The Bertz CT molecular complexity index is 744. The van der Waals surface area contributed by atoms with Crippen molar-refractivity contribution in [2.24, 2.45) is 5.41 Å². The van der Waals surface area contributed by atoms with Crippen LogP contribution < -0.4 is 4.74 Å². The van der Waals surface area contributed by atoms with E-state index in [1.807, 2.05) is 6.07 Å². The third kappa shape index (κ3) is 4.64. The van der Waals surface area contributed by atoms with Gasteiger partial charge >= 0.3 is 5.97 Å². The summed E-state index contributed by atoms with van der Waals surface area (Å²) in [5, 5.41) is 8.73. The first-order valence-electron chi connectivity index (χ1n) is 10.6. The summed E-state index contributed by atoms with van der Waals surface area (Å²) in [6.45, 7) is 1.32. The average molecular weight is 404 g/mol. The second-order valence-corrected chi connectivity index (χ2v) is 8.65. The SMILES string of the molecule is O=C(O)C=CCCC12CCC(c3cc(F)cc(OC4CCCCO4)c3)(CC1)OC2. The highest BCUT2D eigenvalue weighted by atomic mass is 19.1. The molecule has 0 aromatic heterocycles. The number of rotatable bonds is 7. The number of carbonyl (C=O) groups is 1. The van der Waals surface area contributed by atoms with Crippen LogP contribution in [0.25, 0.3) is 0 Å². The van der Waals surface area contributed by atoms with E-state index in [0.717, 1.165) is 63.4 Å². The van der Waals surface area contributed by atoms with Crippen molar-refractivity contribution in [3.8, 4) is 5.75 Å². The van der Waals surface area contributed by atoms with E-state index in [1.54, 1.807) is 12.1 Å².